The molecule has 0 unspecified atom stereocenters. The number of aromatic amines is 1. The lowest BCUT2D eigenvalue weighted by molar-refractivity contribution is 0.239. The van der Waals surface area contributed by atoms with Crippen molar-refractivity contribution >= 4 is 33.2 Å². The predicted molar refractivity (Wildman–Crippen MR) is 115 cm³/mol. The van der Waals surface area contributed by atoms with Crippen LogP contribution in [0.5, 0.6) is 0 Å². The number of halogens is 1. The summed E-state index contributed by atoms with van der Waals surface area (Å²) in [5.41, 5.74) is 4.38. The van der Waals surface area contributed by atoms with Crippen LogP contribution in [0.25, 0.3) is 21.3 Å². The summed E-state index contributed by atoms with van der Waals surface area (Å²) < 4.78 is 0. The highest BCUT2D eigenvalue weighted by molar-refractivity contribution is 7.17. The second-order valence-electron chi connectivity index (χ2n) is 7.05. The maximum atomic E-state index is 12.9. The van der Waals surface area contributed by atoms with Gasteiger partial charge in [-0.05, 0) is 23.6 Å². The van der Waals surface area contributed by atoms with Gasteiger partial charge in [0.15, 0.2) is 0 Å². The Bertz CT molecular complexity index is 1230. The fourth-order valence-electron chi connectivity index (χ4n) is 3.85. The molecule has 0 aliphatic carbocycles. The Hall–Kier alpha value is -2.47. The van der Waals surface area contributed by atoms with E-state index in [0.29, 0.717) is 22.8 Å². The van der Waals surface area contributed by atoms with Gasteiger partial charge in [-0.2, -0.15) is 0 Å². The molecule has 2 aromatic carbocycles. The zero-order chi connectivity index (χ0) is 19.1. The molecule has 0 fully saturated rings. The van der Waals surface area contributed by atoms with Gasteiger partial charge in [-0.15, -0.1) is 11.3 Å². The minimum atomic E-state index is -0.103. The van der Waals surface area contributed by atoms with Crippen LogP contribution in [0.15, 0.2) is 58.7 Å². The van der Waals surface area contributed by atoms with E-state index in [-0.39, 0.29) is 5.56 Å². The lowest BCUT2D eigenvalue weighted by Gasteiger charge is -2.28. The van der Waals surface area contributed by atoms with E-state index in [1.807, 2.05) is 29.6 Å². The van der Waals surface area contributed by atoms with Crippen LogP contribution in [0.3, 0.4) is 0 Å². The van der Waals surface area contributed by atoms with Crippen molar-refractivity contribution in [2.45, 2.75) is 19.5 Å². The third kappa shape index (κ3) is 3.15. The molecule has 6 heteroatoms. The molecular weight excluding hydrogens is 390 g/mol. The number of aromatic nitrogens is 2. The normalized spacial score (nSPS) is 14.3. The lowest BCUT2D eigenvalue weighted by atomic mass is 10.00. The number of thiophene rings is 1. The third-order valence-corrected chi connectivity index (χ3v) is 6.44. The quantitative estimate of drug-likeness (QED) is 0.527. The Morgan fingerprint density at radius 2 is 1.86 bits per heavy atom. The number of fused-ring (bicyclic) bond motifs is 2. The molecule has 0 spiro atoms. The number of nitrogens with zero attached hydrogens (tertiary/aromatic N) is 2. The van der Waals surface area contributed by atoms with Gasteiger partial charge in [0, 0.05) is 34.6 Å². The van der Waals surface area contributed by atoms with Crippen LogP contribution in [0.1, 0.15) is 17.0 Å². The molecule has 0 saturated heterocycles. The summed E-state index contributed by atoms with van der Waals surface area (Å²) in [5.74, 6) is 0.712. The van der Waals surface area contributed by atoms with Gasteiger partial charge in [-0.3, -0.25) is 9.69 Å². The molecule has 0 saturated carbocycles. The van der Waals surface area contributed by atoms with Crippen molar-refractivity contribution < 1.29 is 0 Å². The van der Waals surface area contributed by atoms with Crippen LogP contribution >= 0.6 is 22.9 Å². The molecule has 1 N–H and O–H groups in total. The molecule has 2 aromatic heterocycles. The molecule has 5 rings (SSSR count). The highest BCUT2D eigenvalue weighted by Gasteiger charge is 2.19. The Morgan fingerprint density at radius 1 is 1.07 bits per heavy atom. The largest absolute Gasteiger partial charge is 0.309 e. The molecule has 0 amide bonds. The van der Waals surface area contributed by atoms with E-state index in [1.165, 1.54) is 22.5 Å². The lowest BCUT2D eigenvalue weighted by Crippen LogP contribution is -2.31. The van der Waals surface area contributed by atoms with E-state index < -0.39 is 0 Å². The Labute approximate surface area is 171 Å². The van der Waals surface area contributed by atoms with Crippen LogP contribution in [0.2, 0.25) is 5.02 Å². The smallest absolute Gasteiger partial charge is 0.260 e. The second-order valence-corrected chi connectivity index (χ2v) is 8.32. The van der Waals surface area contributed by atoms with Crippen molar-refractivity contribution in [3.63, 3.8) is 0 Å². The van der Waals surface area contributed by atoms with Crippen molar-refractivity contribution in [3.8, 4) is 11.1 Å². The maximum Gasteiger partial charge on any atom is 0.260 e. The summed E-state index contributed by atoms with van der Waals surface area (Å²) in [7, 11) is 0. The van der Waals surface area contributed by atoms with Crippen molar-refractivity contribution in [2.75, 3.05) is 6.54 Å². The molecule has 1 aliphatic rings. The SMILES string of the molecule is O=c1[nH]c(CN2CCc3ccccc3C2)nc2scc(-c3ccccc3Cl)c12. The molecule has 0 atom stereocenters. The molecule has 4 aromatic rings. The molecule has 4 nitrogen and oxygen atoms in total. The van der Waals surface area contributed by atoms with Crippen LogP contribution in [0.4, 0.5) is 0 Å². The number of hydrogen-bond acceptors (Lipinski definition) is 4. The zero-order valence-corrected chi connectivity index (χ0v) is 16.7. The average molecular weight is 408 g/mol. The molecule has 28 heavy (non-hydrogen) atoms. The average Bonchev–Trinajstić information content (AvgIpc) is 3.12. The van der Waals surface area contributed by atoms with E-state index in [4.69, 9.17) is 16.6 Å². The highest BCUT2D eigenvalue weighted by atomic mass is 35.5. The molecule has 0 bridgehead atoms. The van der Waals surface area contributed by atoms with Crippen LogP contribution in [-0.4, -0.2) is 21.4 Å². The highest BCUT2D eigenvalue weighted by Crippen LogP contribution is 2.35. The number of rotatable bonds is 3. The zero-order valence-electron chi connectivity index (χ0n) is 15.1. The minimum Gasteiger partial charge on any atom is -0.309 e. The van der Waals surface area contributed by atoms with Crippen molar-refractivity contribution in [3.05, 3.63) is 86.2 Å². The molecule has 3 heterocycles. The molecular formula is C22H18ClN3OS. The number of hydrogen-bond donors (Lipinski definition) is 1. The van der Waals surface area contributed by atoms with Gasteiger partial charge in [0.05, 0.1) is 11.9 Å². The summed E-state index contributed by atoms with van der Waals surface area (Å²) in [5, 5.41) is 3.22. The summed E-state index contributed by atoms with van der Waals surface area (Å²) >= 11 is 7.82. The summed E-state index contributed by atoms with van der Waals surface area (Å²) in [6, 6.07) is 16.1. The Morgan fingerprint density at radius 3 is 2.71 bits per heavy atom. The van der Waals surface area contributed by atoms with Gasteiger partial charge in [-0.25, -0.2) is 4.98 Å². The minimum absolute atomic E-state index is 0.103. The summed E-state index contributed by atoms with van der Waals surface area (Å²) in [4.78, 5) is 23.7. The third-order valence-electron chi connectivity index (χ3n) is 5.24. The topological polar surface area (TPSA) is 49.0 Å². The first-order chi connectivity index (χ1) is 13.7. The maximum absolute atomic E-state index is 12.9. The van der Waals surface area contributed by atoms with Gasteiger partial charge in [0.2, 0.25) is 0 Å². The van der Waals surface area contributed by atoms with E-state index in [9.17, 15) is 4.79 Å². The van der Waals surface area contributed by atoms with Crippen LogP contribution < -0.4 is 5.56 Å². The summed E-state index contributed by atoms with van der Waals surface area (Å²) in [6.45, 7) is 2.49. The molecule has 0 radical (unpaired) electrons. The fourth-order valence-corrected chi connectivity index (χ4v) is 5.04. The van der Waals surface area contributed by atoms with Crippen LogP contribution in [-0.2, 0) is 19.5 Å². The second kappa shape index (κ2) is 7.17. The van der Waals surface area contributed by atoms with E-state index in [1.54, 1.807) is 0 Å². The first kappa shape index (κ1) is 17.6. The number of benzene rings is 2. The number of H-pyrrole nitrogens is 1. The van der Waals surface area contributed by atoms with E-state index in [0.717, 1.165) is 35.5 Å². The first-order valence-electron chi connectivity index (χ1n) is 9.23. The van der Waals surface area contributed by atoms with E-state index >= 15 is 0 Å². The van der Waals surface area contributed by atoms with Crippen molar-refractivity contribution in [1.82, 2.24) is 14.9 Å². The van der Waals surface area contributed by atoms with Crippen molar-refractivity contribution in [1.29, 1.82) is 0 Å². The predicted octanol–water partition coefficient (Wildman–Crippen LogP) is 4.86. The van der Waals surface area contributed by atoms with Crippen LogP contribution in [0, 0.1) is 0 Å². The van der Waals surface area contributed by atoms with E-state index in [2.05, 4.69) is 34.1 Å². The fraction of sp³-hybridized carbons (Fsp3) is 0.182. The van der Waals surface area contributed by atoms with Gasteiger partial charge < -0.3 is 4.98 Å². The van der Waals surface area contributed by atoms with Crippen molar-refractivity contribution in [2.24, 2.45) is 0 Å². The molecule has 140 valence electrons. The number of nitrogens with one attached hydrogen (secondary N) is 1. The monoisotopic (exact) mass is 407 g/mol. The van der Waals surface area contributed by atoms with Gasteiger partial charge in [0.1, 0.15) is 10.7 Å². The first-order valence-corrected chi connectivity index (χ1v) is 10.5. The Kier molecular flexibility index (Phi) is 4.51. The summed E-state index contributed by atoms with van der Waals surface area (Å²) in [6.07, 6.45) is 1.03. The molecule has 1 aliphatic heterocycles. The van der Waals surface area contributed by atoms with Gasteiger partial charge >= 0.3 is 0 Å². The van der Waals surface area contributed by atoms with Gasteiger partial charge in [-0.1, -0.05) is 54.1 Å². The standard InChI is InChI=1S/C22H18ClN3OS/c23-18-8-4-3-7-16(18)17-13-28-22-20(17)21(27)24-19(25-22)12-26-10-9-14-5-1-2-6-15(14)11-26/h1-8,13H,9-12H2,(H,24,25,27). The van der Waals surface area contributed by atoms with Gasteiger partial charge in [0.25, 0.3) is 5.56 Å². The Balaban J connectivity index is 1.47.